The summed E-state index contributed by atoms with van der Waals surface area (Å²) in [5.41, 5.74) is 10.5. The third kappa shape index (κ3) is 2.67. The van der Waals surface area contributed by atoms with E-state index in [1.807, 2.05) is 24.3 Å². The smallest absolute Gasteiger partial charge is 0.161 e. The molecule has 0 aliphatic rings. The quantitative estimate of drug-likeness (QED) is 0.675. The number of carbonyl (C=O) groups excluding carboxylic acids is 1. The Balaban J connectivity index is 2.46. The van der Waals surface area contributed by atoms with Crippen molar-refractivity contribution in [2.24, 2.45) is 0 Å². The van der Waals surface area contributed by atoms with Gasteiger partial charge in [-0.1, -0.05) is 18.2 Å². The van der Waals surface area contributed by atoms with Crippen LogP contribution in [0, 0.1) is 6.92 Å². The average Bonchev–Trinajstić information content (AvgIpc) is 2.41. The molecule has 0 spiro atoms. The molecule has 0 atom stereocenters. The van der Waals surface area contributed by atoms with Gasteiger partial charge in [0.05, 0.1) is 0 Å². The molecule has 104 valence electrons. The van der Waals surface area contributed by atoms with Gasteiger partial charge in [-0.2, -0.15) is 0 Å². The van der Waals surface area contributed by atoms with Crippen LogP contribution in [-0.4, -0.2) is 12.3 Å². The molecule has 0 saturated heterocycles. The Morgan fingerprint density at radius 3 is 2.45 bits per heavy atom. The number of benzene rings is 2. The number of carbonyl (C=O) groups is 1. The lowest BCUT2D eigenvalue weighted by Gasteiger charge is -2.25. The van der Waals surface area contributed by atoms with E-state index in [2.05, 4.69) is 30.9 Å². The van der Waals surface area contributed by atoms with E-state index in [-0.39, 0.29) is 5.78 Å². The maximum atomic E-state index is 11.4. The molecular weight excluding hydrogens is 248 g/mol. The molecular formula is C17H20N2O. The molecule has 3 heteroatoms. The molecule has 2 aromatic carbocycles. The number of anilines is 3. The zero-order valence-corrected chi connectivity index (χ0v) is 12.2. The van der Waals surface area contributed by atoms with Crippen LogP contribution in [0.3, 0.4) is 0 Å². The van der Waals surface area contributed by atoms with Crippen molar-refractivity contribution in [3.63, 3.8) is 0 Å². The van der Waals surface area contributed by atoms with Crippen LogP contribution in [0.4, 0.5) is 17.1 Å². The molecule has 0 aliphatic heterocycles. The minimum Gasteiger partial charge on any atom is -0.398 e. The van der Waals surface area contributed by atoms with Gasteiger partial charge in [0, 0.05) is 29.2 Å². The fraction of sp³-hybridized carbons (Fsp3) is 0.235. The van der Waals surface area contributed by atoms with Crippen LogP contribution in [-0.2, 0) is 0 Å². The first-order valence-electron chi connectivity index (χ1n) is 6.78. The van der Waals surface area contributed by atoms with E-state index in [9.17, 15) is 4.79 Å². The Hall–Kier alpha value is -2.29. The predicted octanol–water partition coefficient (Wildman–Crippen LogP) is 3.94. The molecule has 3 nitrogen and oxygen atoms in total. The van der Waals surface area contributed by atoms with Crippen molar-refractivity contribution in [2.75, 3.05) is 17.2 Å². The lowest BCUT2D eigenvalue weighted by atomic mass is 10.1. The summed E-state index contributed by atoms with van der Waals surface area (Å²) < 4.78 is 0. The minimum atomic E-state index is -0.00649. The topological polar surface area (TPSA) is 46.3 Å². The average molecular weight is 268 g/mol. The summed E-state index contributed by atoms with van der Waals surface area (Å²) in [4.78, 5) is 13.6. The summed E-state index contributed by atoms with van der Waals surface area (Å²) in [6.07, 6.45) is 0. The molecule has 0 bridgehead atoms. The van der Waals surface area contributed by atoms with Crippen LogP contribution in [0.25, 0.3) is 0 Å². The number of ketones is 1. The van der Waals surface area contributed by atoms with Gasteiger partial charge in [0.25, 0.3) is 0 Å². The monoisotopic (exact) mass is 268 g/mol. The molecule has 0 aromatic heterocycles. The van der Waals surface area contributed by atoms with Crippen LogP contribution in [0.2, 0.25) is 0 Å². The van der Waals surface area contributed by atoms with E-state index in [1.54, 1.807) is 6.07 Å². The molecule has 2 rings (SSSR count). The summed E-state index contributed by atoms with van der Waals surface area (Å²) in [5, 5.41) is 0. The molecule has 0 fully saturated rings. The van der Waals surface area contributed by atoms with Gasteiger partial charge in [0.1, 0.15) is 0 Å². The molecule has 0 amide bonds. The third-order valence-corrected chi connectivity index (χ3v) is 3.45. The van der Waals surface area contributed by atoms with Crippen molar-refractivity contribution in [2.45, 2.75) is 20.8 Å². The summed E-state index contributed by atoms with van der Waals surface area (Å²) in [6, 6.07) is 13.8. The van der Waals surface area contributed by atoms with E-state index >= 15 is 0 Å². The van der Waals surface area contributed by atoms with E-state index in [0.717, 1.165) is 17.9 Å². The highest BCUT2D eigenvalue weighted by atomic mass is 16.1. The van der Waals surface area contributed by atoms with Gasteiger partial charge in [0.15, 0.2) is 5.78 Å². The van der Waals surface area contributed by atoms with Gasteiger partial charge >= 0.3 is 0 Å². The van der Waals surface area contributed by atoms with Gasteiger partial charge in [-0.25, -0.2) is 0 Å². The molecule has 0 unspecified atom stereocenters. The Labute approximate surface area is 120 Å². The Morgan fingerprint density at radius 1 is 1.20 bits per heavy atom. The Kier molecular flexibility index (Phi) is 4.08. The number of aryl methyl sites for hydroxylation is 1. The van der Waals surface area contributed by atoms with Crippen LogP contribution in [0.5, 0.6) is 0 Å². The van der Waals surface area contributed by atoms with Gasteiger partial charge in [0.2, 0.25) is 0 Å². The summed E-state index contributed by atoms with van der Waals surface area (Å²) >= 11 is 0. The molecule has 0 radical (unpaired) electrons. The van der Waals surface area contributed by atoms with E-state index in [1.165, 1.54) is 12.5 Å². The maximum Gasteiger partial charge on any atom is 0.161 e. The number of nitrogens with zero attached hydrogens (tertiary/aromatic N) is 1. The molecule has 0 heterocycles. The highest BCUT2D eigenvalue weighted by Gasteiger charge is 2.12. The van der Waals surface area contributed by atoms with Crippen molar-refractivity contribution in [1.29, 1.82) is 0 Å². The van der Waals surface area contributed by atoms with Crippen molar-refractivity contribution < 1.29 is 4.79 Å². The summed E-state index contributed by atoms with van der Waals surface area (Å²) in [6.45, 7) is 6.56. The number of para-hydroxylation sites is 1. The van der Waals surface area contributed by atoms with Crippen molar-refractivity contribution in [3.05, 3.63) is 53.6 Å². The lowest BCUT2D eigenvalue weighted by molar-refractivity contribution is 0.101. The van der Waals surface area contributed by atoms with Crippen LogP contribution < -0.4 is 10.6 Å². The fourth-order valence-corrected chi connectivity index (χ4v) is 2.40. The fourth-order valence-electron chi connectivity index (χ4n) is 2.40. The second kappa shape index (κ2) is 5.78. The number of hydrogen-bond donors (Lipinski definition) is 1. The van der Waals surface area contributed by atoms with E-state index < -0.39 is 0 Å². The zero-order chi connectivity index (χ0) is 14.7. The number of nitrogen functional groups attached to an aromatic ring is 1. The maximum absolute atomic E-state index is 11.4. The second-order valence-electron chi connectivity index (χ2n) is 4.86. The minimum absolute atomic E-state index is 0.00649. The molecule has 2 aromatic rings. The highest BCUT2D eigenvalue weighted by molar-refractivity contribution is 5.99. The molecule has 0 saturated carbocycles. The first-order valence-corrected chi connectivity index (χ1v) is 6.78. The van der Waals surface area contributed by atoms with Crippen LogP contribution in [0.15, 0.2) is 42.5 Å². The predicted molar refractivity (Wildman–Crippen MR) is 84.7 cm³/mol. The van der Waals surface area contributed by atoms with E-state index in [0.29, 0.717) is 11.3 Å². The first-order chi connectivity index (χ1) is 9.54. The van der Waals surface area contributed by atoms with Gasteiger partial charge < -0.3 is 10.6 Å². The summed E-state index contributed by atoms with van der Waals surface area (Å²) in [7, 11) is 0. The highest BCUT2D eigenvalue weighted by Crippen LogP contribution is 2.30. The van der Waals surface area contributed by atoms with Gasteiger partial charge in [-0.15, -0.1) is 0 Å². The molecule has 20 heavy (non-hydrogen) atoms. The summed E-state index contributed by atoms with van der Waals surface area (Å²) in [5.74, 6) is -0.00649. The van der Waals surface area contributed by atoms with Crippen LogP contribution in [0.1, 0.15) is 29.8 Å². The Bertz CT molecular complexity index is 635. The molecule has 0 aliphatic carbocycles. The molecule has 2 N–H and O–H groups in total. The third-order valence-electron chi connectivity index (χ3n) is 3.45. The lowest BCUT2D eigenvalue weighted by Crippen LogP contribution is -2.17. The van der Waals surface area contributed by atoms with Crippen molar-refractivity contribution >= 4 is 22.8 Å². The number of hydrogen-bond acceptors (Lipinski definition) is 3. The zero-order valence-electron chi connectivity index (χ0n) is 12.2. The standard InChI is InChI=1S/C17H20N2O/c1-4-19(17-8-6-5-7-12(17)2)14-9-10-15(13(3)20)16(18)11-14/h5-11H,4,18H2,1-3H3. The largest absolute Gasteiger partial charge is 0.398 e. The van der Waals surface area contributed by atoms with Gasteiger partial charge in [-0.3, -0.25) is 4.79 Å². The SMILES string of the molecule is CCN(c1ccc(C(C)=O)c(N)c1)c1ccccc1C. The number of Topliss-reactive ketones (excluding diaryl/α,β-unsaturated/α-hetero) is 1. The number of nitrogens with two attached hydrogens (primary N) is 1. The number of rotatable bonds is 4. The second-order valence-corrected chi connectivity index (χ2v) is 4.86. The normalized spacial score (nSPS) is 10.3. The Morgan fingerprint density at radius 2 is 1.90 bits per heavy atom. The van der Waals surface area contributed by atoms with Crippen molar-refractivity contribution in [3.8, 4) is 0 Å². The van der Waals surface area contributed by atoms with Crippen LogP contribution >= 0.6 is 0 Å². The first kappa shape index (κ1) is 14.1. The van der Waals surface area contributed by atoms with Crippen molar-refractivity contribution in [1.82, 2.24) is 0 Å². The van der Waals surface area contributed by atoms with E-state index in [4.69, 9.17) is 5.73 Å². The van der Waals surface area contributed by atoms with Gasteiger partial charge in [-0.05, 0) is 50.6 Å².